The molecule has 8 fully saturated rings. The Morgan fingerprint density at radius 2 is 0.773 bits per heavy atom. The van der Waals surface area contributed by atoms with Gasteiger partial charge in [-0.2, -0.15) is 52.7 Å². The van der Waals surface area contributed by atoms with E-state index in [9.17, 15) is 91.0 Å². The molecule has 4 aromatic rings. The molecule has 0 aromatic heterocycles. The third kappa shape index (κ3) is 31.1. The number of carbonyl (C=O) groups is 8. The molecule has 0 aliphatic carbocycles. The summed E-state index contributed by atoms with van der Waals surface area (Å²) < 4.78 is 187. The molecule has 0 bridgehead atoms. The Bertz CT molecular complexity index is 4410. The summed E-state index contributed by atoms with van der Waals surface area (Å²) in [6, 6.07) is 22.8. The first-order valence-corrected chi connectivity index (χ1v) is 45.1. The second-order valence-electron chi connectivity index (χ2n) is 35.3. The lowest BCUT2D eigenvalue weighted by molar-refractivity contribution is -0.200. The van der Waals surface area contributed by atoms with Gasteiger partial charge in [-0.25, -0.2) is 28.8 Å². The molecule has 4 aromatic carbocycles. The van der Waals surface area contributed by atoms with Crippen LogP contribution in [0.4, 0.5) is 77.6 Å². The van der Waals surface area contributed by atoms with Gasteiger partial charge in [-0.15, -0.1) is 0 Å². The minimum absolute atomic E-state index is 0.0197. The Balaban J connectivity index is 0.000000198. The van der Waals surface area contributed by atoms with Crippen LogP contribution in [-0.2, 0) is 64.2 Å². The summed E-state index contributed by atoms with van der Waals surface area (Å²) in [6.07, 6.45) is -15.8. The van der Waals surface area contributed by atoms with Crippen molar-refractivity contribution in [1.29, 1.82) is 0 Å². The number of hydrogen-bond donors (Lipinski definition) is 6. The number of rotatable bonds is 28. The third-order valence-electron chi connectivity index (χ3n) is 25.9. The van der Waals surface area contributed by atoms with Crippen LogP contribution in [0.25, 0.3) is 0 Å². The number of aryl methyl sites for hydroxylation is 2. The SMILES string of the molecule is CC(OC(=O)N1CCC2(CCCN2Cc2ccc(Cl)cc2OCC(=O)O)CC1)C(F)(F)F.CC(OC(=O)N1CCC2(CCCN2Cc2ccc(Cl)cc2OCCCC(=O)O)CC1)C(F)(F)F.Cc1cc(CC2CCC3(CCN(C(=O)OC(C)C(F)(F)F)CC3)N2)cc(NCCCC(=O)O)c1.Cc1ccc(CN2CCCC23CCN(C(=O)OC(C)C(F)(F)F)CC3)c(OCC(=O)O)c1. The van der Waals surface area contributed by atoms with Gasteiger partial charge in [-0.1, -0.05) is 53.5 Å². The van der Waals surface area contributed by atoms with Crippen LogP contribution >= 0.6 is 23.2 Å². The van der Waals surface area contributed by atoms with Crippen LogP contribution in [0.2, 0.25) is 10.0 Å². The monoisotopic (exact) mass is 1930 g/mol. The topological polar surface area (TPSA) is 329 Å². The molecule has 8 aliphatic rings. The van der Waals surface area contributed by atoms with Crippen LogP contribution in [0.5, 0.6) is 17.2 Å². The second kappa shape index (κ2) is 46.7. The van der Waals surface area contributed by atoms with Crippen LogP contribution < -0.4 is 24.8 Å². The van der Waals surface area contributed by atoms with Gasteiger partial charge in [0.2, 0.25) is 0 Å². The van der Waals surface area contributed by atoms with Gasteiger partial charge in [-0.05, 0) is 242 Å². The third-order valence-corrected chi connectivity index (χ3v) is 26.3. The van der Waals surface area contributed by atoms with Gasteiger partial charge in [0.25, 0.3) is 0 Å². The van der Waals surface area contributed by atoms with Gasteiger partial charge in [0.15, 0.2) is 37.6 Å². The zero-order valence-corrected chi connectivity index (χ0v) is 76.2. The molecule has 8 saturated heterocycles. The number of anilines is 1. The lowest BCUT2D eigenvalue weighted by Gasteiger charge is -2.45. The van der Waals surface area contributed by atoms with E-state index < -0.39 is 111 Å². The number of carboxylic acid groups (broad SMARTS) is 4. The normalized spacial score (nSPS) is 19.9. The standard InChI is InChI=1S/C24H34F3N3O4.C23H30ClF3N2O5.C22H29F3N2O5.C21H26ClF3N2O5/c1-16-12-18(15-20(13-16)28-9-3-4-21(31)32)14-19-5-6-23(29-19)7-10-30(11-8-23)22(33)34-17(2)24(25,26)27;1-16(23(25,26)27)34-21(32)28-11-8-22(9-12-28)7-3-10-29(22)15-17-5-6-18(24)14-19(17)33-13-2-4-20(30)31;1-15-4-5-17(18(12-15)31-14-19(28)29)13-27-9-3-6-21(27)7-10-26(11-8-21)20(30)32-16(2)22(23,24)25;1-14(21(23,24)25)32-19(30)26-9-6-20(7-10-26)5-2-8-27(20)12-15-3-4-16(22)11-17(15)31-13-18(28)29/h12-13,15,17,19,28-29H,3-11,14H2,1-2H3,(H,31,32);5-6,14,16H,2-4,7-13,15H2,1H3,(H,30,31);4-5,12,16H,3,6-11,13-14H2,1-2H3,(H,28,29);3-4,11,14H,2,5-10,12-13H2,1H3,(H,28,29). The highest BCUT2D eigenvalue weighted by atomic mass is 35.5. The maximum absolute atomic E-state index is 12.7. The van der Waals surface area contributed by atoms with Crippen LogP contribution in [0.3, 0.4) is 0 Å². The number of hydrogen-bond acceptors (Lipinski definition) is 20. The van der Waals surface area contributed by atoms with Gasteiger partial charge in [0.1, 0.15) is 17.2 Å². The summed E-state index contributed by atoms with van der Waals surface area (Å²) in [7, 11) is 0. The largest absolute Gasteiger partial charge is 0.493 e. The van der Waals surface area contributed by atoms with Gasteiger partial charge < -0.3 is 83.8 Å². The molecule has 8 heterocycles. The molecular formula is C90H119Cl2F12N9O19. The average Bonchev–Trinajstić information content (AvgIpc) is 1.60. The Morgan fingerprint density at radius 3 is 1.14 bits per heavy atom. The predicted octanol–water partition coefficient (Wildman–Crippen LogP) is 17.9. The fourth-order valence-corrected chi connectivity index (χ4v) is 18.6. The van der Waals surface area contributed by atoms with Crippen molar-refractivity contribution >= 4 is 77.1 Å². The van der Waals surface area contributed by atoms with E-state index in [1.807, 2.05) is 44.2 Å². The number of ether oxygens (including phenoxy) is 7. The van der Waals surface area contributed by atoms with Gasteiger partial charge in [0.05, 0.1) is 6.61 Å². The molecule has 0 radical (unpaired) electrons. The fourth-order valence-electron chi connectivity index (χ4n) is 18.3. The first-order valence-electron chi connectivity index (χ1n) is 44.3. The average molecular weight is 1930 g/mol. The fraction of sp³-hybridized carbons (Fsp3) is 0.644. The number of halogens is 14. The van der Waals surface area contributed by atoms with Crippen molar-refractivity contribution in [2.24, 2.45) is 0 Å². The zero-order valence-electron chi connectivity index (χ0n) is 74.7. The number of likely N-dealkylation sites (tertiary alicyclic amines) is 7. The molecular weight excluding hydrogens is 1810 g/mol. The number of piperidine rings is 4. The van der Waals surface area contributed by atoms with E-state index in [1.165, 1.54) is 25.2 Å². The molecule has 6 N–H and O–H groups in total. The Labute approximate surface area is 768 Å². The molecule has 0 saturated carbocycles. The predicted molar refractivity (Wildman–Crippen MR) is 460 cm³/mol. The first-order chi connectivity index (χ1) is 62.0. The van der Waals surface area contributed by atoms with E-state index in [-0.39, 0.29) is 47.6 Å². The van der Waals surface area contributed by atoms with Gasteiger partial charge in [0, 0.05) is 152 Å². The number of aliphatic carboxylic acids is 4. The van der Waals surface area contributed by atoms with E-state index in [1.54, 1.807) is 30.3 Å². The van der Waals surface area contributed by atoms with E-state index >= 15 is 0 Å². The molecule has 8 aliphatic heterocycles. The summed E-state index contributed by atoms with van der Waals surface area (Å²) >= 11 is 12.2. The van der Waals surface area contributed by atoms with Crippen molar-refractivity contribution in [1.82, 2.24) is 39.6 Å². The van der Waals surface area contributed by atoms with Crippen molar-refractivity contribution in [3.05, 3.63) is 116 Å². The van der Waals surface area contributed by atoms with Crippen molar-refractivity contribution in [2.75, 3.05) is 104 Å². The van der Waals surface area contributed by atoms with Gasteiger partial charge >= 0.3 is 73.0 Å². The Hall–Kier alpha value is -9.38. The quantitative estimate of drug-likeness (QED) is 0.0175. The van der Waals surface area contributed by atoms with Crippen molar-refractivity contribution in [2.45, 2.75) is 273 Å². The van der Waals surface area contributed by atoms with E-state index in [2.05, 4.69) is 56.4 Å². The Morgan fingerprint density at radius 1 is 0.424 bits per heavy atom. The van der Waals surface area contributed by atoms with E-state index in [4.69, 9.17) is 57.8 Å². The maximum atomic E-state index is 12.7. The minimum atomic E-state index is -4.59. The number of carboxylic acids is 4. The summed E-state index contributed by atoms with van der Waals surface area (Å²) in [5.41, 5.74) is 6.31. The van der Waals surface area contributed by atoms with Gasteiger partial charge in [-0.3, -0.25) is 24.3 Å². The highest BCUT2D eigenvalue weighted by Crippen LogP contribution is 2.46. The number of amides is 4. The molecule has 4 spiro atoms. The number of nitrogens with one attached hydrogen (secondary N) is 2. The van der Waals surface area contributed by atoms with Crippen LogP contribution in [0.1, 0.15) is 189 Å². The van der Waals surface area contributed by atoms with E-state index in [0.717, 1.165) is 139 Å². The highest BCUT2D eigenvalue weighted by Gasteiger charge is 2.51. The summed E-state index contributed by atoms with van der Waals surface area (Å²) in [6.45, 7) is 14.1. The number of benzene rings is 4. The molecule has 5 unspecified atom stereocenters. The number of alkyl halides is 12. The molecule has 12 rings (SSSR count). The van der Waals surface area contributed by atoms with Crippen LogP contribution in [0, 0.1) is 13.8 Å². The van der Waals surface area contributed by atoms with Crippen LogP contribution in [-0.4, -0.2) is 279 Å². The number of carbonyl (C=O) groups excluding carboxylic acids is 4. The minimum Gasteiger partial charge on any atom is -0.493 e. The van der Waals surface area contributed by atoms with E-state index in [0.29, 0.717) is 170 Å². The molecule has 42 heteroatoms. The van der Waals surface area contributed by atoms with Crippen molar-refractivity contribution in [3.8, 4) is 17.2 Å². The second-order valence-corrected chi connectivity index (χ2v) is 36.2. The lowest BCUT2D eigenvalue weighted by Crippen LogP contribution is -2.53. The Kier molecular flexibility index (Phi) is 37.6. The molecule has 28 nitrogen and oxygen atoms in total. The first kappa shape index (κ1) is 106. The molecule has 5 atom stereocenters. The summed E-state index contributed by atoms with van der Waals surface area (Å²) in [4.78, 5) is 104. The maximum Gasteiger partial charge on any atom is 0.425 e. The summed E-state index contributed by atoms with van der Waals surface area (Å²) in [5, 5.41) is 43.4. The highest BCUT2D eigenvalue weighted by molar-refractivity contribution is 6.31. The van der Waals surface area contributed by atoms with Crippen molar-refractivity contribution in [3.63, 3.8) is 0 Å². The molecule has 4 amide bonds. The smallest absolute Gasteiger partial charge is 0.425 e. The van der Waals surface area contributed by atoms with Crippen LogP contribution in [0.15, 0.2) is 72.8 Å². The zero-order chi connectivity index (χ0) is 96.9. The molecule has 132 heavy (non-hydrogen) atoms. The lowest BCUT2D eigenvalue weighted by atomic mass is 9.85. The summed E-state index contributed by atoms with van der Waals surface area (Å²) in [5.74, 6) is -2.26. The van der Waals surface area contributed by atoms with Crippen molar-refractivity contribution < 1.29 is 145 Å². The number of nitrogens with zero attached hydrogens (tertiary/aromatic N) is 7. The molecule has 736 valence electrons.